The number of hydrogen-bond donors (Lipinski definition) is 4. The van der Waals surface area contributed by atoms with Gasteiger partial charge in [-0.1, -0.05) is 32.0 Å². The van der Waals surface area contributed by atoms with Crippen molar-refractivity contribution >= 4 is 10.9 Å². The molecule has 0 spiro atoms. The van der Waals surface area contributed by atoms with E-state index in [2.05, 4.69) is 55.8 Å². The van der Waals surface area contributed by atoms with Gasteiger partial charge in [0.15, 0.2) is 0 Å². The lowest BCUT2D eigenvalue weighted by Crippen LogP contribution is -2.58. The first-order chi connectivity index (χ1) is 15.5. The molecule has 7 heteroatoms. The lowest BCUT2D eigenvalue weighted by Gasteiger charge is -2.44. The number of nitrogens with two attached hydrogens (primary N) is 2. The third kappa shape index (κ3) is 4.24. The minimum absolute atomic E-state index is 0.183. The summed E-state index contributed by atoms with van der Waals surface area (Å²) in [6, 6.07) is 10.2. The van der Waals surface area contributed by atoms with Crippen molar-refractivity contribution in [1.82, 2.24) is 9.88 Å². The topological polar surface area (TPSA) is 108 Å². The number of hydrogen-bond acceptors (Lipinski definition) is 6. The van der Waals surface area contributed by atoms with Crippen molar-refractivity contribution < 1.29 is 14.6 Å². The van der Waals surface area contributed by atoms with E-state index in [-0.39, 0.29) is 17.6 Å². The lowest BCUT2D eigenvalue weighted by molar-refractivity contribution is -0.163. The molecular formula is C26H40N4O3. The Balaban J connectivity index is 0.000000215. The van der Waals surface area contributed by atoms with Gasteiger partial charge < -0.3 is 35.9 Å². The normalized spacial score (nSPS) is 27.2. The Morgan fingerprint density at radius 3 is 2.36 bits per heavy atom. The van der Waals surface area contributed by atoms with Crippen LogP contribution in [0.4, 0.5) is 0 Å². The number of rotatable bonds is 6. The largest absolute Gasteiger partial charge is 0.395 e. The molecule has 0 fully saturated rings. The van der Waals surface area contributed by atoms with Crippen LogP contribution in [0.1, 0.15) is 41.0 Å². The van der Waals surface area contributed by atoms with Crippen LogP contribution in [-0.4, -0.2) is 47.0 Å². The highest BCUT2D eigenvalue weighted by atomic mass is 16.7. The summed E-state index contributed by atoms with van der Waals surface area (Å²) >= 11 is 0. The summed E-state index contributed by atoms with van der Waals surface area (Å²) in [6.45, 7) is 12.0. The van der Waals surface area contributed by atoms with Gasteiger partial charge in [-0.05, 0) is 56.9 Å². The average Bonchev–Trinajstić information content (AvgIpc) is 3.28. The maximum Gasteiger partial charge on any atom is 0.230 e. The smallest absolute Gasteiger partial charge is 0.230 e. The standard InChI is InChI=1S/C16H29N3O2.C10H11NO/c1-7-14(5)11-12(19-13(14,3)4)16(20-6,21-8-2)10-9-15(11,17)18;12-8-7-11-6-5-9-3-1-2-4-10(9)11/h9-10,19H,7-8,17-18H2,1-6H3;1-6,12H,7-8H2. The Bertz CT molecular complexity index is 1040. The summed E-state index contributed by atoms with van der Waals surface area (Å²) in [5.41, 5.74) is 14.4. The van der Waals surface area contributed by atoms with Gasteiger partial charge in [0, 0.05) is 48.5 Å². The minimum atomic E-state index is -1.00. The third-order valence-electron chi connectivity index (χ3n) is 7.37. The van der Waals surface area contributed by atoms with Gasteiger partial charge >= 0.3 is 0 Å². The van der Waals surface area contributed by atoms with Gasteiger partial charge in [0.1, 0.15) is 5.66 Å². The van der Waals surface area contributed by atoms with E-state index >= 15 is 0 Å². The molecule has 2 aliphatic rings. The van der Waals surface area contributed by atoms with E-state index in [1.54, 1.807) is 13.2 Å². The first-order valence-corrected chi connectivity index (χ1v) is 11.7. The average molecular weight is 457 g/mol. The number of nitrogens with one attached hydrogen (secondary N) is 1. The summed E-state index contributed by atoms with van der Waals surface area (Å²) in [4.78, 5) is 0. The zero-order valence-corrected chi connectivity index (χ0v) is 20.8. The zero-order chi connectivity index (χ0) is 24.5. The van der Waals surface area contributed by atoms with E-state index in [4.69, 9.17) is 26.0 Å². The van der Waals surface area contributed by atoms with Crippen molar-refractivity contribution in [2.24, 2.45) is 16.9 Å². The van der Waals surface area contributed by atoms with Gasteiger partial charge in [-0.3, -0.25) is 0 Å². The van der Waals surface area contributed by atoms with Gasteiger partial charge in [-0.2, -0.15) is 0 Å². The first kappa shape index (κ1) is 25.5. The summed E-state index contributed by atoms with van der Waals surface area (Å²) < 4.78 is 13.7. The second-order valence-electron chi connectivity index (χ2n) is 9.55. The Labute approximate surface area is 197 Å². The number of fused-ring (bicyclic) bond motifs is 1. The van der Waals surface area contributed by atoms with Gasteiger partial charge in [0.05, 0.1) is 12.3 Å². The fraction of sp³-hybridized carbons (Fsp3) is 0.538. The van der Waals surface area contributed by atoms with Crippen molar-refractivity contribution in [3.8, 4) is 0 Å². The number of ether oxygens (including phenoxy) is 2. The number of methoxy groups -OCH3 is 1. The molecule has 33 heavy (non-hydrogen) atoms. The minimum Gasteiger partial charge on any atom is -0.395 e. The third-order valence-corrected chi connectivity index (χ3v) is 7.37. The summed E-state index contributed by atoms with van der Waals surface area (Å²) in [7, 11) is 1.64. The van der Waals surface area contributed by atoms with Crippen LogP contribution in [0.15, 0.2) is 60.0 Å². The van der Waals surface area contributed by atoms with Crippen molar-refractivity contribution in [1.29, 1.82) is 0 Å². The molecule has 1 aliphatic carbocycles. The highest BCUT2D eigenvalue weighted by Gasteiger charge is 2.59. The molecule has 4 rings (SSSR count). The van der Waals surface area contributed by atoms with Gasteiger partial charge in [-0.25, -0.2) is 0 Å². The van der Waals surface area contributed by atoms with Crippen LogP contribution < -0.4 is 16.8 Å². The molecule has 2 unspecified atom stereocenters. The predicted octanol–water partition coefficient (Wildman–Crippen LogP) is 3.23. The van der Waals surface area contributed by atoms with Crippen molar-refractivity contribution in [2.75, 3.05) is 20.3 Å². The molecule has 6 N–H and O–H groups in total. The molecule has 1 aliphatic heterocycles. The fourth-order valence-corrected chi connectivity index (χ4v) is 5.10. The maximum atomic E-state index is 8.78. The number of aliphatic hydroxyl groups excluding tert-OH is 1. The quantitative estimate of drug-likeness (QED) is 0.393. The molecule has 7 nitrogen and oxygen atoms in total. The van der Waals surface area contributed by atoms with E-state index in [1.165, 1.54) is 10.9 Å². The number of aromatic nitrogens is 1. The van der Waals surface area contributed by atoms with E-state index in [9.17, 15) is 0 Å². The summed E-state index contributed by atoms with van der Waals surface area (Å²) in [5.74, 6) is -0.934. The molecule has 0 saturated carbocycles. The molecule has 2 atom stereocenters. The number of para-hydroxylation sites is 1. The van der Waals surface area contributed by atoms with Crippen LogP contribution in [-0.2, 0) is 16.0 Å². The molecule has 2 heterocycles. The fourth-order valence-electron chi connectivity index (χ4n) is 5.10. The van der Waals surface area contributed by atoms with Gasteiger partial charge in [0.25, 0.3) is 0 Å². The monoisotopic (exact) mass is 456 g/mol. The van der Waals surface area contributed by atoms with E-state index < -0.39 is 11.4 Å². The number of aliphatic hydroxyl groups is 1. The van der Waals surface area contributed by atoms with E-state index in [0.717, 1.165) is 17.7 Å². The molecule has 2 aromatic rings. The number of nitrogens with zero attached hydrogens (tertiary/aromatic N) is 1. The molecular weight excluding hydrogens is 416 g/mol. The highest BCUT2D eigenvalue weighted by molar-refractivity contribution is 5.79. The van der Waals surface area contributed by atoms with Crippen LogP contribution >= 0.6 is 0 Å². The number of benzene rings is 1. The van der Waals surface area contributed by atoms with Crippen LogP contribution in [0.5, 0.6) is 0 Å². The second-order valence-corrected chi connectivity index (χ2v) is 9.55. The van der Waals surface area contributed by atoms with Gasteiger partial charge in [0.2, 0.25) is 5.79 Å². The molecule has 1 aromatic carbocycles. The Morgan fingerprint density at radius 2 is 1.76 bits per heavy atom. The van der Waals surface area contributed by atoms with Crippen LogP contribution in [0, 0.1) is 5.41 Å². The predicted molar refractivity (Wildman–Crippen MR) is 133 cm³/mol. The molecule has 182 valence electrons. The van der Waals surface area contributed by atoms with Crippen LogP contribution in [0.3, 0.4) is 0 Å². The van der Waals surface area contributed by atoms with Crippen molar-refractivity contribution in [3.63, 3.8) is 0 Å². The SMILES string of the molecule is CCOC1(OC)C=CC(N)(N)C2=C1NC(C)(C)C2(C)CC.OCCn1ccc2ccccc21. The highest BCUT2D eigenvalue weighted by Crippen LogP contribution is 2.54. The first-order valence-electron chi connectivity index (χ1n) is 11.7. The lowest BCUT2D eigenvalue weighted by atomic mass is 9.64. The maximum absolute atomic E-state index is 8.78. The van der Waals surface area contributed by atoms with Crippen molar-refractivity contribution in [3.05, 3.63) is 60.0 Å². The Kier molecular flexibility index (Phi) is 7.13. The molecule has 0 saturated heterocycles. The van der Waals surface area contributed by atoms with E-state index in [1.807, 2.05) is 31.3 Å². The Hall–Kier alpha value is -2.16. The van der Waals surface area contributed by atoms with Crippen LogP contribution in [0.2, 0.25) is 0 Å². The zero-order valence-electron chi connectivity index (χ0n) is 20.8. The van der Waals surface area contributed by atoms with Crippen LogP contribution in [0.25, 0.3) is 10.9 Å². The molecule has 1 aromatic heterocycles. The van der Waals surface area contributed by atoms with Gasteiger partial charge in [-0.15, -0.1) is 0 Å². The van der Waals surface area contributed by atoms with E-state index in [0.29, 0.717) is 13.2 Å². The van der Waals surface area contributed by atoms with Crippen molar-refractivity contribution in [2.45, 2.75) is 64.6 Å². The summed E-state index contributed by atoms with van der Waals surface area (Å²) in [5, 5.41) is 13.6. The molecule has 0 amide bonds. The summed E-state index contributed by atoms with van der Waals surface area (Å²) in [6.07, 6.45) is 6.53. The second kappa shape index (κ2) is 9.24. The molecule has 0 radical (unpaired) electrons. The Morgan fingerprint density at radius 1 is 1.06 bits per heavy atom. The molecule has 0 bridgehead atoms.